The average molecular weight is 325 g/mol. The largest absolute Gasteiger partial charge is 0.351 e. The highest BCUT2D eigenvalue weighted by atomic mass is 35.5. The van der Waals surface area contributed by atoms with Gasteiger partial charge in [-0.1, -0.05) is 23.4 Å². The predicted molar refractivity (Wildman–Crippen MR) is 85.6 cm³/mol. The molecule has 0 aliphatic rings. The Kier molecular flexibility index (Phi) is 5.62. The summed E-state index contributed by atoms with van der Waals surface area (Å²) in [5, 5.41) is 2.89. The van der Waals surface area contributed by atoms with Gasteiger partial charge in [-0.15, -0.1) is 22.7 Å². The van der Waals surface area contributed by atoms with E-state index in [1.165, 1.54) is 22.7 Å². The van der Waals surface area contributed by atoms with E-state index < -0.39 is 0 Å². The molecule has 0 saturated carbocycles. The fourth-order valence-electron chi connectivity index (χ4n) is 1.54. The summed E-state index contributed by atoms with van der Waals surface area (Å²) < 4.78 is 0.771. The number of hydrogen-bond donors (Lipinski definition) is 2. The van der Waals surface area contributed by atoms with Gasteiger partial charge in [-0.05, 0) is 30.7 Å². The highest BCUT2D eigenvalue weighted by Crippen LogP contribution is 2.21. The second-order valence-corrected chi connectivity index (χ2v) is 6.76. The molecule has 1 amide bonds. The second kappa shape index (κ2) is 7.46. The van der Waals surface area contributed by atoms with E-state index in [0.717, 1.165) is 20.5 Å². The zero-order valence-corrected chi connectivity index (χ0v) is 13.0. The topological polar surface area (TPSA) is 55.1 Å². The van der Waals surface area contributed by atoms with Crippen LogP contribution in [-0.4, -0.2) is 19.0 Å². The molecule has 0 radical (unpaired) electrons. The highest BCUT2D eigenvalue weighted by Gasteiger charge is 2.08. The molecule has 0 fully saturated rings. The Balaban J connectivity index is 1.84. The lowest BCUT2D eigenvalue weighted by Gasteiger charge is -2.01. The van der Waals surface area contributed by atoms with Gasteiger partial charge in [-0.25, -0.2) is 0 Å². The molecule has 104 valence electrons. The molecule has 0 aliphatic heterocycles. The molecule has 0 unspecified atom stereocenters. The van der Waals surface area contributed by atoms with Crippen molar-refractivity contribution in [2.24, 2.45) is 5.73 Å². The van der Waals surface area contributed by atoms with Crippen LogP contribution in [-0.2, 0) is 6.42 Å². The summed E-state index contributed by atoms with van der Waals surface area (Å²) in [4.78, 5) is 14.6. The molecule has 2 rings (SSSR count). The van der Waals surface area contributed by atoms with Crippen molar-refractivity contribution in [3.63, 3.8) is 0 Å². The van der Waals surface area contributed by atoms with E-state index in [9.17, 15) is 4.79 Å². The van der Waals surface area contributed by atoms with Crippen LogP contribution in [0.4, 0.5) is 0 Å². The Hall–Kier alpha value is -1.32. The summed E-state index contributed by atoms with van der Waals surface area (Å²) in [6.45, 7) is 0.917. The van der Waals surface area contributed by atoms with Gasteiger partial charge in [0.05, 0.1) is 20.6 Å². The van der Waals surface area contributed by atoms with Crippen LogP contribution in [0.2, 0.25) is 4.34 Å². The van der Waals surface area contributed by atoms with E-state index in [1.807, 2.05) is 18.2 Å². The van der Waals surface area contributed by atoms with Crippen molar-refractivity contribution in [3.8, 4) is 11.8 Å². The standard InChI is InChI=1S/C14H13ClN2OS2/c15-13-6-4-11(20-13)7-9-17-14(18)12-5-3-10(19-12)2-1-8-16/h3-6H,7-9,16H2,(H,17,18). The number of thiophene rings is 2. The molecular weight excluding hydrogens is 312 g/mol. The van der Waals surface area contributed by atoms with E-state index in [1.54, 1.807) is 6.07 Å². The molecule has 0 bridgehead atoms. The average Bonchev–Trinajstić information content (AvgIpc) is 3.05. The van der Waals surface area contributed by atoms with Gasteiger partial charge in [-0.3, -0.25) is 4.79 Å². The predicted octanol–water partition coefficient (Wildman–Crippen LogP) is 2.75. The van der Waals surface area contributed by atoms with Crippen molar-refractivity contribution in [1.82, 2.24) is 5.32 Å². The van der Waals surface area contributed by atoms with E-state index in [2.05, 4.69) is 17.2 Å². The van der Waals surface area contributed by atoms with Gasteiger partial charge in [0.2, 0.25) is 0 Å². The van der Waals surface area contributed by atoms with Crippen LogP contribution in [0.15, 0.2) is 24.3 Å². The molecule has 2 aromatic heterocycles. The quantitative estimate of drug-likeness (QED) is 0.850. The summed E-state index contributed by atoms with van der Waals surface area (Å²) in [5.74, 6) is 5.61. The molecule has 20 heavy (non-hydrogen) atoms. The van der Waals surface area contributed by atoms with Gasteiger partial charge in [0, 0.05) is 11.4 Å². The maximum atomic E-state index is 11.9. The molecule has 3 nitrogen and oxygen atoms in total. The number of halogens is 1. The Morgan fingerprint density at radius 3 is 2.85 bits per heavy atom. The number of nitrogens with one attached hydrogen (secondary N) is 1. The first kappa shape index (κ1) is 15.1. The van der Waals surface area contributed by atoms with Crippen LogP contribution in [0, 0.1) is 11.8 Å². The third kappa shape index (κ3) is 4.36. The van der Waals surface area contributed by atoms with Crippen LogP contribution < -0.4 is 11.1 Å². The van der Waals surface area contributed by atoms with Crippen LogP contribution in [0.3, 0.4) is 0 Å². The molecule has 0 atom stereocenters. The minimum Gasteiger partial charge on any atom is -0.351 e. The number of rotatable bonds is 4. The van der Waals surface area contributed by atoms with Crippen molar-refractivity contribution in [2.45, 2.75) is 6.42 Å². The fourth-order valence-corrected chi connectivity index (χ4v) is 3.42. The lowest BCUT2D eigenvalue weighted by molar-refractivity contribution is 0.0958. The summed E-state index contributed by atoms with van der Waals surface area (Å²) in [6, 6.07) is 7.46. The third-order valence-electron chi connectivity index (χ3n) is 2.43. The highest BCUT2D eigenvalue weighted by molar-refractivity contribution is 7.16. The molecule has 0 spiro atoms. The van der Waals surface area contributed by atoms with Crippen LogP contribution in [0.1, 0.15) is 19.4 Å². The first-order valence-corrected chi connectivity index (χ1v) is 8.01. The first-order chi connectivity index (χ1) is 9.69. The van der Waals surface area contributed by atoms with Crippen molar-refractivity contribution >= 4 is 40.2 Å². The number of carbonyl (C=O) groups is 1. The van der Waals surface area contributed by atoms with Gasteiger partial charge < -0.3 is 11.1 Å². The Labute approximate surface area is 130 Å². The number of amides is 1. The van der Waals surface area contributed by atoms with Crippen LogP contribution in [0.25, 0.3) is 0 Å². The number of nitrogens with two attached hydrogens (primary N) is 1. The maximum Gasteiger partial charge on any atom is 0.261 e. The molecule has 2 aromatic rings. The molecule has 0 saturated heterocycles. The Bertz CT molecular complexity index is 651. The second-order valence-electron chi connectivity index (χ2n) is 3.88. The van der Waals surface area contributed by atoms with Crippen LogP contribution in [0.5, 0.6) is 0 Å². The number of hydrogen-bond acceptors (Lipinski definition) is 4. The van der Waals surface area contributed by atoms with Gasteiger partial charge in [0.1, 0.15) is 0 Å². The molecule has 6 heteroatoms. The van der Waals surface area contributed by atoms with E-state index in [0.29, 0.717) is 18.0 Å². The van der Waals surface area contributed by atoms with E-state index >= 15 is 0 Å². The third-order valence-corrected chi connectivity index (χ3v) is 4.72. The molecule has 3 N–H and O–H groups in total. The molecular formula is C14H13ClN2OS2. The van der Waals surface area contributed by atoms with Gasteiger partial charge in [0.15, 0.2) is 0 Å². The molecule has 0 aliphatic carbocycles. The first-order valence-electron chi connectivity index (χ1n) is 6.00. The van der Waals surface area contributed by atoms with Crippen LogP contribution >= 0.6 is 34.3 Å². The van der Waals surface area contributed by atoms with E-state index in [-0.39, 0.29) is 5.91 Å². The Morgan fingerprint density at radius 2 is 2.15 bits per heavy atom. The van der Waals surface area contributed by atoms with Crippen molar-refractivity contribution in [2.75, 3.05) is 13.1 Å². The fraction of sp³-hybridized carbons (Fsp3) is 0.214. The smallest absolute Gasteiger partial charge is 0.261 e. The lowest BCUT2D eigenvalue weighted by Crippen LogP contribution is -2.24. The normalized spacial score (nSPS) is 9.90. The lowest BCUT2D eigenvalue weighted by atomic mass is 10.3. The summed E-state index contributed by atoms with van der Waals surface area (Å²) in [5.41, 5.74) is 5.31. The van der Waals surface area contributed by atoms with Gasteiger partial charge >= 0.3 is 0 Å². The minimum absolute atomic E-state index is 0.0709. The summed E-state index contributed by atoms with van der Waals surface area (Å²) in [6.07, 6.45) is 0.786. The maximum absolute atomic E-state index is 11.9. The van der Waals surface area contributed by atoms with Crippen molar-refractivity contribution in [1.29, 1.82) is 0 Å². The van der Waals surface area contributed by atoms with Crippen molar-refractivity contribution < 1.29 is 4.79 Å². The van der Waals surface area contributed by atoms with E-state index in [4.69, 9.17) is 17.3 Å². The number of carbonyl (C=O) groups excluding carboxylic acids is 1. The summed E-state index contributed by atoms with van der Waals surface area (Å²) in [7, 11) is 0. The molecule has 2 heterocycles. The minimum atomic E-state index is -0.0709. The monoisotopic (exact) mass is 324 g/mol. The van der Waals surface area contributed by atoms with Gasteiger partial charge in [-0.2, -0.15) is 0 Å². The zero-order chi connectivity index (χ0) is 14.4. The summed E-state index contributed by atoms with van der Waals surface area (Å²) >= 11 is 8.76. The van der Waals surface area contributed by atoms with Crippen molar-refractivity contribution in [3.05, 3.63) is 43.2 Å². The molecule has 0 aromatic carbocycles. The Morgan fingerprint density at radius 1 is 1.30 bits per heavy atom. The SMILES string of the molecule is NCC#Cc1ccc(C(=O)NCCc2ccc(Cl)s2)s1. The van der Waals surface area contributed by atoms with Gasteiger partial charge in [0.25, 0.3) is 5.91 Å². The zero-order valence-electron chi connectivity index (χ0n) is 10.6.